The summed E-state index contributed by atoms with van der Waals surface area (Å²) in [7, 11) is -3.09. The van der Waals surface area contributed by atoms with Crippen LogP contribution in [0.1, 0.15) is 56.1 Å². The number of halogens is 1. The molecule has 10 heteroatoms. The second kappa shape index (κ2) is 10.2. The Morgan fingerprint density at radius 2 is 1.74 bits per heavy atom. The second-order valence-electron chi connectivity index (χ2n) is 10.4. The monoisotopic (exact) mass is 570 g/mol. The van der Waals surface area contributed by atoms with E-state index in [0.29, 0.717) is 28.5 Å². The van der Waals surface area contributed by atoms with Gasteiger partial charge in [0.2, 0.25) is 0 Å². The standard InChI is InChI=1S/C29H31ClN2O6S/c1-7-38-18-12-15-24-22(16-18)29(5,21-10-8-9-11-23(21)30)27(34)32(24)39(35,36)19-13-14-20(25(17-19)37-6)26(33)31-28(2,3)4/h8-17H,7H2,1-6H3,(H,31,33). The number of hydrogen-bond donors (Lipinski definition) is 1. The SMILES string of the molecule is CCOc1ccc2c(c1)C(C)(c1ccccc1Cl)C(=O)N2S(=O)(=O)c1ccc(C(=O)NC(C)(C)C)c(OC)c1. The van der Waals surface area contributed by atoms with Crippen LogP contribution < -0.4 is 19.1 Å². The van der Waals surface area contributed by atoms with E-state index < -0.39 is 32.8 Å². The van der Waals surface area contributed by atoms with Gasteiger partial charge in [-0.05, 0) is 76.6 Å². The fourth-order valence-electron chi connectivity index (χ4n) is 4.68. The Kier molecular flexibility index (Phi) is 7.44. The van der Waals surface area contributed by atoms with E-state index in [0.717, 1.165) is 4.31 Å². The molecule has 0 saturated heterocycles. The average Bonchev–Trinajstić information content (AvgIpc) is 3.10. The van der Waals surface area contributed by atoms with Gasteiger partial charge in [-0.25, -0.2) is 12.7 Å². The largest absolute Gasteiger partial charge is 0.496 e. The Bertz CT molecular complexity index is 1560. The van der Waals surface area contributed by atoms with Crippen molar-refractivity contribution in [2.45, 2.75) is 50.5 Å². The zero-order valence-corrected chi connectivity index (χ0v) is 24.2. The van der Waals surface area contributed by atoms with Crippen LogP contribution in [-0.2, 0) is 20.2 Å². The zero-order chi connectivity index (χ0) is 28.8. The molecule has 1 unspecified atom stereocenters. The van der Waals surface area contributed by atoms with Crippen molar-refractivity contribution in [2.24, 2.45) is 0 Å². The van der Waals surface area contributed by atoms with E-state index in [1.807, 2.05) is 27.7 Å². The summed E-state index contributed by atoms with van der Waals surface area (Å²) in [4.78, 5) is 26.8. The summed E-state index contributed by atoms with van der Waals surface area (Å²) < 4.78 is 40.0. The second-order valence-corrected chi connectivity index (χ2v) is 12.6. The number of amides is 2. The molecule has 4 rings (SSSR count). The lowest BCUT2D eigenvalue weighted by atomic mass is 9.77. The van der Waals surface area contributed by atoms with Gasteiger partial charge in [-0.15, -0.1) is 0 Å². The van der Waals surface area contributed by atoms with E-state index in [9.17, 15) is 18.0 Å². The lowest BCUT2D eigenvalue weighted by Gasteiger charge is -2.26. The number of ether oxygens (including phenoxy) is 2. The average molecular weight is 571 g/mol. The Balaban J connectivity index is 1.88. The third-order valence-corrected chi connectivity index (χ3v) is 8.53. The van der Waals surface area contributed by atoms with E-state index in [2.05, 4.69) is 5.32 Å². The normalized spacial score (nSPS) is 17.1. The molecule has 0 fully saturated rings. The molecule has 3 aromatic rings. The predicted octanol–water partition coefficient (Wildman–Crippen LogP) is 5.32. The van der Waals surface area contributed by atoms with Gasteiger partial charge in [-0.1, -0.05) is 29.8 Å². The van der Waals surface area contributed by atoms with E-state index in [1.165, 1.54) is 25.3 Å². The number of hydrogen-bond acceptors (Lipinski definition) is 6. The minimum Gasteiger partial charge on any atom is -0.496 e. The van der Waals surface area contributed by atoms with Crippen LogP contribution in [0.15, 0.2) is 65.6 Å². The molecule has 1 atom stereocenters. The number of carbonyl (C=O) groups excluding carboxylic acids is 2. The number of fused-ring (bicyclic) bond motifs is 1. The molecule has 0 spiro atoms. The molecule has 2 amide bonds. The highest BCUT2D eigenvalue weighted by Gasteiger charge is 2.54. The first-order chi connectivity index (χ1) is 18.3. The lowest BCUT2D eigenvalue weighted by Crippen LogP contribution is -2.42. The van der Waals surface area contributed by atoms with E-state index in [1.54, 1.807) is 49.4 Å². The summed E-state index contributed by atoms with van der Waals surface area (Å²) in [5.74, 6) is -0.545. The maximum absolute atomic E-state index is 14.2. The van der Waals surface area contributed by atoms with Gasteiger partial charge < -0.3 is 14.8 Å². The van der Waals surface area contributed by atoms with Crippen LogP contribution in [0.5, 0.6) is 11.5 Å². The Hall–Kier alpha value is -3.56. The molecule has 0 radical (unpaired) electrons. The van der Waals surface area contributed by atoms with Crippen molar-refractivity contribution in [1.29, 1.82) is 0 Å². The van der Waals surface area contributed by atoms with Crippen LogP contribution in [0, 0.1) is 0 Å². The van der Waals surface area contributed by atoms with Crippen molar-refractivity contribution in [3.63, 3.8) is 0 Å². The van der Waals surface area contributed by atoms with Crippen LogP contribution in [-0.4, -0.2) is 39.5 Å². The number of rotatable bonds is 7. The summed E-state index contributed by atoms with van der Waals surface area (Å²) in [6, 6.07) is 15.6. The van der Waals surface area contributed by atoms with Gasteiger partial charge in [-0.2, -0.15) is 0 Å². The number of anilines is 1. The summed E-state index contributed by atoms with van der Waals surface area (Å²) in [5, 5.41) is 3.17. The third kappa shape index (κ3) is 4.96. The number of benzene rings is 3. The molecule has 1 N–H and O–H groups in total. The minimum absolute atomic E-state index is 0.0604. The molecule has 8 nitrogen and oxygen atoms in total. The zero-order valence-electron chi connectivity index (χ0n) is 22.7. The highest BCUT2D eigenvalue weighted by molar-refractivity contribution is 7.93. The van der Waals surface area contributed by atoms with E-state index in [-0.39, 0.29) is 21.9 Å². The molecule has 206 valence electrons. The molecule has 3 aromatic carbocycles. The van der Waals surface area contributed by atoms with Crippen LogP contribution in [0.3, 0.4) is 0 Å². The number of methoxy groups -OCH3 is 1. The highest BCUT2D eigenvalue weighted by Crippen LogP contribution is 2.50. The number of carbonyl (C=O) groups is 2. The molecule has 0 aliphatic carbocycles. The van der Waals surface area contributed by atoms with Gasteiger partial charge >= 0.3 is 0 Å². The molecule has 0 saturated carbocycles. The van der Waals surface area contributed by atoms with Crippen LogP contribution in [0.4, 0.5) is 5.69 Å². The summed E-state index contributed by atoms with van der Waals surface area (Å²) in [6.07, 6.45) is 0. The number of sulfonamides is 1. The fraction of sp³-hybridized carbons (Fsp3) is 0.310. The molecule has 0 bridgehead atoms. The Morgan fingerprint density at radius 3 is 2.36 bits per heavy atom. The molecule has 1 heterocycles. The summed E-state index contributed by atoms with van der Waals surface area (Å²) >= 11 is 6.53. The van der Waals surface area contributed by atoms with Crippen molar-refractivity contribution in [3.05, 3.63) is 82.4 Å². The molecule has 1 aliphatic rings. The maximum atomic E-state index is 14.2. The van der Waals surface area contributed by atoms with E-state index in [4.69, 9.17) is 21.1 Å². The predicted molar refractivity (Wildman–Crippen MR) is 150 cm³/mol. The van der Waals surface area contributed by atoms with Gasteiger partial charge in [0.15, 0.2) is 0 Å². The van der Waals surface area contributed by atoms with Crippen molar-refractivity contribution < 1.29 is 27.5 Å². The van der Waals surface area contributed by atoms with Crippen molar-refractivity contribution in [3.8, 4) is 11.5 Å². The van der Waals surface area contributed by atoms with Crippen LogP contribution >= 0.6 is 11.6 Å². The smallest absolute Gasteiger partial charge is 0.271 e. The van der Waals surface area contributed by atoms with Crippen LogP contribution in [0.2, 0.25) is 5.02 Å². The third-order valence-electron chi connectivity index (χ3n) is 6.51. The van der Waals surface area contributed by atoms with Gasteiger partial charge in [0.1, 0.15) is 16.9 Å². The molecule has 0 aromatic heterocycles. The Morgan fingerprint density at radius 1 is 1.05 bits per heavy atom. The molecular weight excluding hydrogens is 540 g/mol. The topological polar surface area (TPSA) is 102 Å². The van der Waals surface area contributed by atoms with Crippen molar-refractivity contribution in [1.82, 2.24) is 5.32 Å². The first-order valence-corrected chi connectivity index (χ1v) is 14.2. The van der Waals surface area contributed by atoms with Crippen molar-refractivity contribution >= 4 is 39.1 Å². The first-order valence-electron chi connectivity index (χ1n) is 12.4. The van der Waals surface area contributed by atoms with Gasteiger partial charge in [-0.3, -0.25) is 9.59 Å². The van der Waals surface area contributed by atoms with Gasteiger partial charge in [0.25, 0.3) is 21.8 Å². The highest BCUT2D eigenvalue weighted by atomic mass is 35.5. The molecule has 39 heavy (non-hydrogen) atoms. The van der Waals surface area contributed by atoms with Gasteiger partial charge in [0, 0.05) is 22.2 Å². The van der Waals surface area contributed by atoms with Gasteiger partial charge in [0.05, 0.1) is 29.9 Å². The lowest BCUT2D eigenvalue weighted by molar-refractivity contribution is -0.120. The van der Waals surface area contributed by atoms with Crippen LogP contribution in [0.25, 0.3) is 0 Å². The maximum Gasteiger partial charge on any atom is 0.271 e. The minimum atomic E-state index is -4.44. The quantitative estimate of drug-likeness (QED) is 0.413. The number of nitrogens with one attached hydrogen (secondary N) is 1. The summed E-state index contributed by atoms with van der Waals surface area (Å²) in [6.45, 7) is 9.38. The summed E-state index contributed by atoms with van der Waals surface area (Å²) in [5.41, 5.74) is -0.646. The van der Waals surface area contributed by atoms with Crippen molar-refractivity contribution in [2.75, 3.05) is 18.0 Å². The number of nitrogens with zero attached hydrogens (tertiary/aromatic N) is 1. The Labute approximate surface area is 233 Å². The first kappa shape index (κ1) is 28.4. The fourth-order valence-corrected chi connectivity index (χ4v) is 6.53. The molecule has 1 aliphatic heterocycles. The van der Waals surface area contributed by atoms with E-state index >= 15 is 0 Å². The molecular formula is C29H31ClN2O6S.